The summed E-state index contributed by atoms with van der Waals surface area (Å²) >= 11 is 1.45. The molecule has 58 heavy (non-hydrogen) atoms. The Morgan fingerprint density at radius 2 is 1.29 bits per heavy atom. The second-order valence-corrected chi connectivity index (χ2v) is 13.8. The highest BCUT2D eigenvalue weighted by Crippen LogP contribution is 2.26. The number of carbonyl (C=O) groups excluding carboxylic acids is 4. The first-order chi connectivity index (χ1) is 28.0. The number of carbonyl (C=O) groups is 4. The van der Waals surface area contributed by atoms with Crippen molar-refractivity contribution in [3.8, 4) is 17.2 Å². The van der Waals surface area contributed by atoms with E-state index >= 15 is 0 Å². The van der Waals surface area contributed by atoms with E-state index in [0.717, 1.165) is 15.8 Å². The van der Waals surface area contributed by atoms with Crippen molar-refractivity contribution in [1.29, 1.82) is 0 Å². The number of esters is 4. The van der Waals surface area contributed by atoms with Crippen molar-refractivity contribution in [3.05, 3.63) is 138 Å². The Hall–Kier alpha value is -6.80. The molecule has 0 radical (unpaired) electrons. The molecule has 0 aliphatic rings. The van der Waals surface area contributed by atoms with Gasteiger partial charge < -0.3 is 28.4 Å². The van der Waals surface area contributed by atoms with Gasteiger partial charge in [-0.1, -0.05) is 42.7 Å². The average Bonchev–Trinajstić information content (AvgIpc) is 3.64. The average molecular weight is 806 g/mol. The molecule has 5 aromatic rings. The minimum atomic E-state index is -0.589. The summed E-state index contributed by atoms with van der Waals surface area (Å²) in [7, 11) is 0. The number of anilines is 1. The monoisotopic (exact) mass is 805 g/mol. The van der Waals surface area contributed by atoms with Crippen molar-refractivity contribution >= 4 is 56.8 Å². The summed E-state index contributed by atoms with van der Waals surface area (Å²) in [6, 6.07) is 26.1. The van der Waals surface area contributed by atoms with Crippen LogP contribution in [0, 0.1) is 0 Å². The number of nitrogens with one attached hydrogen (secondary N) is 1. The van der Waals surface area contributed by atoms with E-state index < -0.39 is 23.9 Å². The molecule has 0 aliphatic carbocycles. The van der Waals surface area contributed by atoms with Gasteiger partial charge in [0.05, 0.1) is 60.6 Å². The predicted octanol–water partition coefficient (Wildman–Crippen LogP) is 8.14. The van der Waals surface area contributed by atoms with E-state index in [9.17, 15) is 19.2 Å². The maximum Gasteiger partial charge on any atom is 0.343 e. The number of fused-ring (bicyclic) bond motifs is 1. The lowest BCUT2D eigenvalue weighted by Gasteiger charge is -2.11. The quantitative estimate of drug-likeness (QED) is 0.0144. The van der Waals surface area contributed by atoms with Crippen molar-refractivity contribution in [1.82, 2.24) is 4.98 Å². The largest absolute Gasteiger partial charge is 0.493 e. The number of hydrazone groups is 1. The first kappa shape index (κ1) is 42.3. The van der Waals surface area contributed by atoms with E-state index in [1.165, 1.54) is 17.6 Å². The van der Waals surface area contributed by atoms with Gasteiger partial charge in [0, 0.05) is 36.0 Å². The molecule has 0 amide bonds. The van der Waals surface area contributed by atoms with Crippen LogP contribution in [0.4, 0.5) is 5.13 Å². The second-order valence-electron chi connectivity index (χ2n) is 12.8. The summed E-state index contributed by atoms with van der Waals surface area (Å²) in [6.07, 6.45) is 2.91. The van der Waals surface area contributed by atoms with Crippen molar-refractivity contribution in [2.45, 2.75) is 33.1 Å². The van der Waals surface area contributed by atoms with Crippen LogP contribution in [0.15, 0.2) is 120 Å². The Kier molecular flexibility index (Phi) is 15.7. The van der Waals surface area contributed by atoms with Gasteiger partial charge in [-0.05, 0) is 92.2 Å². The molecule has 0 spiro atoms. The maximum atomic E-state index is 13.2. The highest BCUT2D eigenvalue weighted by Gasteiger charge is 2.14. The number of thiazole rings is 1. The van der Waals surface area contributed by atoms with E-state index in [-0.39, 0.29) is 25.6 Å². The van der Waals surface area contributed by atoms with Crippen LogP contribution in [0.25, 0.3) is 10.2 Å². The highest BCUT2D eigenvalue weighted by atomic mass is 32.1. The minimum absolute atomic E-state index is 0.0910. The summed E-state index contributed by atoms with van der Waals surface area (Å²) in [5.41, 5.74) is 6.45. The van der Waals surface area contributed by atoms with Crippen molar-refractivity contribution in [3.63, 3.8) is 0 Å². The lowest BCUT2D eigenvalue weighted by Crippen LogP contribution is -2.11. The molecule has 0 atom stereocenters. The molecule has 0 saturated heterocycles. The van der Waals surface area contributed by atoms with Gasteiger partial charge in [0.1, 0.15) is 17.2 Å². The molecule has 0 unspecified atom stereocenters. The van der Waals surface area contributed by atoms with Crippen LogP contribution in [-0.4, -0.2) is 68.1 Å². The molecule has 1 heterocycles. The minimum Gasteiger partial charge on any atom is -0.493 e. The zero-order valence-corrected chi connectivity index (χ0v) is 33.0. The normalized spacial score (nSPS) is 10.8. The summed E-state index contributed by atoms with van der Waals surface area (Å²) in [5.74, 6) is -0.598. The first-order valence-corrected chi connectivity index (χ1v) is 19.1. The maximum absolute atomic E-state index is 13.2. The van der Waals surface area contributed by atoms with Gasteiger partial charge in [0.15, 0.2) is 0 Å². The van der Waals surface area contributed by atoms with E-state index in [1.807, 2.05) is 24.3 Å². The van der Waals surface area contributed by atoms with Gasteiger partial charge in [-0.2, -0.15) is 5.10 Å². The number of aromatic nitrogens is 1. The van der Waals surface area contributed by atoms with Crippen LogP contribution in [0.2, 0.25) is 0 Å². The summed E-state index contributed by atoms with van der Waals surface area (Å²) in [5, 5.41) is 4.96. The third kappa shape index (κ3) is 13.2. The molecular weight excluding hydrogens is 763 g/mol. The zero-order chi connectivity index (χ0) is 41.3. The molecular formula is C44H43N3O10S. The van der Waals surface area contributed by atoms with Crippen molar-refractivity contribution in [2.75, 3.05) is 38.5 Å². The van der Waals surface area contributed by atoms with Crippen LogP contribution in [0.3, 0.4) is 0 Å². The molecule has 4 aromatic carbocycles. The highest BCUT2D eigenvalue weighted by molar-refractivity contribution is 7.22. The fourth-order valence-electron chi connectivity index (χ4n) is 4.98. The molecule has 1 aromatic heterocycles. The Morgan fingerprint density at radius 1 is 0.707 bits per heavy atom. The predicted molar refractivity (Wildman–Crippen MR) is 221 cm³/mol. The molecule has 13 nitrogen and oxygen atoms in total. The molecule has 5 rings (SSSR count). The van der Waals surface area contributed by atoms with Crippen molar-refractivity contribution in [2.24, 2.45) is 5.10 Å². The van der Waals surface area contributed by atoms with Gasteiger partial charge in [-0.25, -0.2) is 24.2 Å². The van der Waals surface area contributed by atoms with Gasteiger partial charge in [0.25, 0.3) is 0 Å². The smallest absolute Gasteiger partial charge is 0.343 e. The van der Waals surface area contributed by atoms with Crippen LogP contribution in [0.1, 0.15) is 58.5 Å². The Balaban J connectivity index is 1.16. The first-order valence-electron chi connectivity index (χ1n) is 18.3. The summed E-state index contributed by atoms with van der Waals surface area (Å²) in [6.45, 7) is 11.4. The molecule has 0 bridgehead atoms. The third-order valence-corrected chi connectivity index (χ3v) is 8.96. The lowest BCUT2D eigenvalue weighted by atomic mass is 10.1. The van der Waals surface area contributed by atoms with Crippen molar-refractivity contribution < 1.29 is 47.6 Å². The van der Waals surface area contributed by atoms with E-state index in [0.29, 0.717) is 76.9 Å². The fraction of sp³-hybridized carbons (Fsp3) is 0.227. The molecule has 0 saturated carbocycles. The summed E-state index contributed by atoms with van der Waals surface area (Å²) < 4.78 is 33.8. The molecule has 0 fully saturated rings. The van der Waals surface area contributed by atoms with Gasteiger partial charge in [-0.3, -0.25) is 5.43 Å². The Morgan fingerprint density at radius 3 is 1.88 bits per heavy atom. The van der Waals surface area contributed by atoms with E-state index in [2.05, 4.69) is 28.7 Å². The standard InChI is InChI=1S/C44H43N3O10S/c1-29(2)40(48)54-24-7-22-52-35-16-12-32(13-17-35)42(50)56-26-21-31-11-20-38(34(27-31)28-45-47-44-46-37-9-5-6-10-39(37)58-44)57-43(51)33-14-18-36(19-15-33)53-23-8-25-55-41(49)30(3)4/h5-6,9-20,27-28H,1,3,7-8,21-26H2,2,4H3,(H,46,47)/b45-28+. The number of rotatable bonds is 21. The zero-order valence-electron chi connectivity index (χ0n) is 32.2. The van der Waals surface area contributed by atoms with Gasteiger partial charge in [0.2, 0.25) is 5.13 Å². The number of hydrogen-bond donors (Lipinski definition) is 1. The van der Waals surface area contributed by atoms with Crippen LogP contribution < -0.4 is 19.6 Å². The Bertz CT molecular complexity index is 2230. The fourth-order valence-corrected chi connectivity index (χ4v) is 5.79. The topological polar surface area (TPSA) is 161 Å². The SMILES string of the molecule is C=C(C)C(=O)OCCCOc1ccc(C(=O)OCCc2ccc(OC(=O)c3ccc(OCCCOC(=O)C(=C)C)cc3)c(/C=N/Nc3nc4ccccc4s3)c2)cc1. The molecule has 14 heteroatoms. The van der Waals surface area contributed by atoms with Gasteiger partial charge in [-0.15, -0.1) is 0 Å². The van der Waals surface area contributed by atoms with Crippen LogP contribution in [-0.2, 0) is 30.2 Å². The molecule has 0 aliphatic heterocycles. The molecule has 1 N–H and O–H groups in total. The number of para-hydroxylation sites is 1. The molecule has 300 valence electrons. The Labute approximate surface area is 339 Å². The van der Waals surface area contributed by atoms with E-state index in [1.54, 1.807) is 80.6 Å². The summed E-state index contributed by atoms with van der Waals surface area (Å²) in [4.78, 5) is 53.5. The van der Waals surface area contributed by atoms with E-state index in [4.69, 9.17) is 28.4 Å². The number of hydrogen-bond acceptors (Lipinski definition) is 14. The van der Waals surface area contributed by atoms with Crippen LogP contribution in [0.5, 0.6) is 17.2 Å². The number of benzene rings is 4. The number of ether oxygens (including phenoxy) is 6. The van der Waals surface area contributed by atoms with Gasteiger partial charge >= 0.3 is 23.9 Å². The number of nitrogens with zero attached hydrogens (tertiary/aromatic N) is 2. The third-order valence-electron chi connectivity index (χ3n) is 8.02. The van der Waals surface area contributed by atoms with Crippen LogP contribution >= 0.6 is 11.3 Å². The second kappa shape index (κ2) is 21.5. The lowest BCUT2D eigenvalue weighted by molar-refractivity contribution is -0.140.